The molecule has 1 N–H and O–H groups in total. The molecule has 0 radical (unpaired) electrons. The van der Waals surface area contributed by atoms with Crippen molar-refractivity contribution in [2.24, 2.45) is 5.41 Å². The highest BCUT2D eigenvalue weighted by Gasteiger charge is 2.28. The third-order valence-electron chi connectivity index (χ3n) is 5.88. The molecule has 36 heavy (non-hydrogen) atoms. The zero-order chi connectivity index (χ0) is 25.3. The van der Waals surface area contributed by atoms with Gasteiger partial charge in [-0.05, 0) is 73.5 Å². The van der Waals surface area contributed by atoms with E-state index in [9.17, 15) is 9.18 Å². The number of benzene rings is 3. The van der Waals surface area contributed by atoms with Gasteiger partial charge in [-0.1, -0.05) is 51.9 Å². The van der Waals surface area contributed by atoms with Crippen molar-refractivity contribution in [3.8, 4) is 11.4 Å². The minimum absolute atomic E-state index is 0. The van der Waals surface area contributed by atoms with Crippen molar-refractivity contribution in [2.75, 3.05) is 0 Å². The lowest BCUT2D eigenvalue weighted by molar-refractivity contribution is -0.129. The molecule has 0 fully saturated rings. The molecule has 0 spiro atoms. The Hall–Kier alpha value is -3.38. The summed E-state index contributed by atoms with van der Waals surface area (Å²) in [4.78, 5) is 12.7. The van der Waals surface area contributed by atoms with E-state index in [0.717, 1.165) is 27.7 Å². The van der Waals surface area contributed by atoms with Gasteiger partial charge in [0.1, 0.15) is 17.7 Å². The topological polar surface area (TPSA) is 56.1 Å². The predicted molar refractivity (Wildman–Crippen MR) is 144 cm³/mol. The third kappa shape index (κ3) is 5.88. The van der Waals surface area contributed by atoms with Crippen molar-refractivity contribution in [3.05, 3.63) is 88.8 Å². The van der Waals surface area contributed by atoms with E-state index in [2.05, 4.69) is 10.4 Å². The van der Waals surface area contributed by atoms with Gasteiger partial charge in [0.05, 0.1) is 23.4 Å². The van der Waals surface area contributed by atoms with Crippen LogP contribution in [0.4, 0.5) is 4.39 Å². The predicted octanol–water partition coefficient (Wildman–Crippen LogP) is 7.43. The van der Waals surface area contributed by atoms with E-state index in [1.165, 1.54) is 12.1 Å². The molecule has 0 saturated heterocycles. The smallest absolute Gasteiger partial charge is 0.225 e. The molecule has 1 heterocycles. The van der Waals surface area contributed by atoms with Crippen LogP contribution >= 0.6 is 11.6 Å². The zero-order valence-electron chi connectivity index (χ0n) is 20.5. The molecule has 5 nitrogen and oxygen atoms in total. The number of carbonyl (C=O) groups is 1. The Morgan fingerprint density at radius 2 is 1.78 bits per heavy atom. The Bertz CT molecular complexity index is 1360. The summed E-state index contributed by atoms with van der Waals surface area (Å²) in [5.74, 6) is 0.294. The maximum Gasteiger partial charge on any atom is 0.225 e. The van der Waals surface area contributed by atoms with Crippen molar-refractivity contribution in [2.45, 2.75) is 54.2 Å². The van der Waals surface area contributed by atoms with Crippen LogP contribution in [0.25, 0.3) is 16.6 Å². The maximum absolute atomic E-state index is 13.3. The largest absolute Gasteiger partial charge is 0.484 e. The number of hydrogen-bond acceptors (Lipinski definition) is 3. The van der Waals surface area contributed by atoms with Crippen molar-refractivity contribution in [1.29, 1.82) is 0 Å². The zero-order valence-corrected chi connectivity index (χ0v) is 21.2. The summed E-state index contributed by atoms with van der Waals surface area (Å²) in [6.45, 7) is 9.51. The van der Waals surface area contributed by atoms with E-state index in [1.54, 1.807) is 23.0 Å². The first-order valence-electron chi connectivity index (χ1n) is 11.5. The first-order valence-corrected chi connectivity index (χ1v) is 11.9. The van der Waals surface area contributed by atoms with E-state index in [-0.39, 0.29) is 25.2 Å². The average molecular weight is 510 g/mol. The lowest BCUT2D eigenvalue weighted by Gasteiger charge is -2.29. The number of aromatic nitrogens is 2. The van der Waals surface area contributed by atoms with Gasteiger partial charge < -0.3 is 10.1 Å². The molecule has 3 aromatic carbocycles. The van der Waals surface area contributed by atoms with Crippen LogP contribution in [0.3, 0.4) is 0 Å². The number of aryl methyl sites for hydroxylation is 1. The fourth-order valence-corrected chi connectivity index (χ4v) is 3.94. The molecule has 190 valence electrons. The van der Waals surface area contributed by atoms with Crippen LogP contribution in [0.2, 0.25) is 5.02 Å². The van der Waals surface area contributed by atoms with E-state index < -0.39 is 11.5 Å². The fraction of sp³-hybridized carbons (Fsp3) is 0.310. The minimum Gasteiger partial charge on any atom is -0.484 e. The molecular formula is C29H33ClFN3O2. The lowest BCUT2D eigenvalue weighted by atomic mass is 9.94. The average Bonchev–Trinajstić information content (AvgIpc) is 3.22. The second kappa shape index (κ2) is 10.7. The van der Waals surface area contributed by atoms with Crippen LogP contribution in [-0.4, -0.2) is 21.7 Å². The van der Waals surface area contributed by atoms with E-state index in [1.807, 2.05) is 71.0 Å². The highest BCUT2D eigenvalue weighted by Crippen LogP contribution is 2.31. The number of nitrogens with one attached hydrogen (secondary N) is 1. The number of carbonyl (C=O) groups excluding carboxylic acids is 1. The van der Waals surface area contributed by atoms with Crippen LogP contribution in [0.15, 0.2) is 66.9 Å². The highest BCUT2D eigenvalue weighted by molar-refractivity contribution is 6.31. The summed E-state index contributed by atoms with van der Waals surface area (Å²) < 4.78 is 21.6. The number of rotatable bonds is 6. The standard InChI is InChI=1S/C28H29ClFN3O2.CH4/c1-17-14-19(6-12-24(17)29)26(18(2)32-27(34)28(3,4)5)35-23-11-13-25-20(15-23)16-31-33(25)22-9-7-21(30)8-10-22;/h6-16,18,26H,1-5H3,(H,32,34);1H4/t18-,26-;/m0./s1. The highest BCUT2D eigenvalue weighted by atomic mass is 35.5. The molecule has 0 aliphatic rings. The molecule has 0 aliphatic heterocycles. The molecule has 4 aromatic rings. The number of ether oxygens (including phenoxy) is 1. The second-order valence-corrected chi connectivity index (χ2v) is 10.2. The lowest BCUT2D eigenvalue weighted by Crippen LogP contribution is -2.44. The quantitative estimate of drug-likeness (QED) is 0.294. The van der Waals surface area contributed by atoms with Gasteiger partial charge >= 0.3 is 0 Å². The van der Waals surface area contributed by atoms with Gasteiger partial charge in [0.25, 0.3) is 0 Å². The fourth-order valence-electron chi connectivity index (χ4n) is 3.82. The van der Waals surface area contributed by atoms with Gasteiger partial charge in [0, 0.05) is 15.8 Å². The Kier molecular flexibility index (Phi) is 8.09. The maximum atomic E-state index is 13.3. The van der Waals surface area contributed by atoms with Gasteiger partial charge in [0.15, 0.2) is 0 Å². The molecule has 0 bridgehead atoms. The van der Waals surface area contributed by atoms with Gasteiger partial charge in [0.2, 0.25) is 5.91 Å². The minimum atomic E-state index is -0.525. The Morgan fingerprint density at radius 3 is 2.42 bits per heavy atom. The molecule has 1 aromatic heterocycles. The monoisotopic (exact) mass is 509 g/mol. The van der Waals surface area contributed by atoms with Crippen LogP contribution in [-0.2, 0) is 4.79 Å². The number of fused-ring (bicyclic) bond motifs is 1. The van der Waals surface area contributed by atoms with E-state index in [0.29, 0.717) is 10.8 Å². The third-order valence-corrected chi connectivity index (χ3v) is 6.30. The Morgan fingerprint density at radius 1 is 1.08 bits per heavy atom. The molecule has 0 saturated carbocycles. The van der Waals surface area contributed by atoms with Crippen LogP contribution < -0.4 is 10.1 Å². The Balaban J connectivity index is 0.00000361. The molecule has 7 heteroatoms. The van der Waals surface area contributed by atoms with Gasteiger partial charge in [-0.3, -0.25) is 4.79 Å². The van der Waals surface area contributed by atoms with Gasteiger partial charge in [-0.25, -0.2) is 9.07 Å². The molecule has 0 unspecified atom stereocenters. The summed E-state index contributed by atoms with van der Waals surface area (Å²) in [6.07, 6.45) is 1.31. The number of hydrogen-bond donors (Lipinski definition) is 1. The summed E-state index contributed by atoms with van der Waals surface area (Å²) in [6, 6.07) is 17.3. The van der Waals surface area contributed by atoms with E-state index in [4.69, 9.17) is 16.3 Å². The summed E-state index contributed by atoms with van der Waals surface area (Å²) >= 11 is 6.26. The van der Waals surface area contributed by atoms with Crippen molar-refractivity contribution in [3.63, 3.8) is 0 Å². The van der Waals surface area contributed by atoms with Crippen molar-refractivity contribution < 1.29 is 13.9 Å². The first-order chi connectivity index (χ1) is 16.5. The molecule has 0 aliphatic carbocycles. The number of nitrogens with zero attached hydrogens (tertiary/aromatic N) is 2. The summed E-state index contributed by atoms with van der Waals surface area (Å²) in [5, 5.41) is 9.11. The molecular weight excluding hydrogens is 477 g/mol. The number of halogens is 2. The first kappa shape index (κ1) is 27.2. The van der Waals surface area contributed by atoms with Crippen molar-refractivity contribution in [1.82, 2.24) is 15.1 Å². The molecule has 2 atom stereocenters. The van der Waals surface area contributed by atoms with Crippen molar-refractivity contribution >= 4 is 28.4 Å². The second-order valence-electron chi connectivity index (χ2n) is 9.81. The summed E-state index contributed by atoms with van der Waals surface area (Å²) in [7, 11) is 0. The number of amides is 1. The summed E-state index contributed by atoms with van der Waals surface area (Å²) in [5.41, 5.74) is 2.96. The normalized spacial score (nSPS) is 13.1. The molecule has 4 rings (SSSR count). The molecule has 1 amide bonds. The Labute approximate surface area is 217 Å². The van der Waals surface area contributed by atoms with Crippen LogP contribution in [0, 0.1) is 18.2 Å². The SMILES string of the molecule is C.Cc1cc([C@@H](Oc2ccc3c(cnn3-c3ccc(F)cc3)c2)[C@H](C)NC(=O)C(C)(C)C)ccc1Cl. The van der Waals surface area contributed by atoms with Gasteiger partial charge in [-0.2, -0.15) is 5.10 Å². The van der Waals surface area contributed by atoms with Crippen LogP contribution in [0.1, 0.15) is 52.4 Å². The van der Waals surface area contributed by atoms with E-state index >= 15 is 0 Å². The van der Waals surface area contributed by atoms with Gasteiger partial charge in [-0.15, -0.1) is 0 Å². The van der Waals surface area contributed by atoms with Crippen LogP contribution in [0.5, 0.6) is 5.75 Å².